The van der Waals surface area contributed by atoms with Gasteiger partial charge < -0.3 is 25.4 Å². The van der Waals surface area contributed by atoms with Gasteiger partial charge in [0, 0.05) is 25.4 Å². The van der Waals surface area contributed by atoms with Crippen LogP contribution < -0.4 is 11.1 Å². The van der Waals surface area contributed by atoms with E-state index in [2.05, 4.69) is 5.32 Å². The highest BCUT2D eigenvalue weighted by Crippen LogP contribution is 2.18. The molecule has 3 N–H and O–H groups in total. The first kappa shape index (κ1) is 25.5. The van der Waals surface area contributed by atoms with E-state index in [4.69, 9.17) is 15.2 Å². The minimum Gasteiger partial charge on any atom is -0.351 e. The smallest absolute Gasteiger partial charge is 0.241 e. The normalized spacial score (nSPS) is 11.9. The predicted octanol–water partition coefficient (Wildman–Crippen LogP) is 2.99. The van der Waals surface area contributed by atoms with Crippen molar-refractivity contribution in [3.8, 4) is 0 Å². The Balaban J connectivity index is 2.16. The van der Waals surface area contributed by atoms with Crippen LogP contribution in [-0.2, 0) is 31.9 Å². The SMILES string of the molecule is CCOC(CN(CCc1ccccc1)C(=O)Cc1ccccc1NC(=O)[C@H](C)N)OCC. The number of hydrogen-bond donors (Lipinski definition) is 2. The Hall–Kier alpha value is -2.74. The summed E-state index contributed by atoms with van der Waals surface area (Å²) in [5, 5.41) is 2.81. The minimum atomic E-state index is -0.640. The first-order valence-corrected chi connectivity index (χ1v) is 11.1. The fourth-order valence-electron chi connectivity index (χ4n) is 3.25. The molecular weight excluding hydrogens is 406 g/mol. The van der Waals surface area contributed by atoms with E-state index < -0.39 is 12.3 Å². The lowest BCUT2D eigenvalue weighted by atomic mass is 10.1. The van der Waals surface area contributed by atoms with Crippen LogP contribution in [0.5, 0.6) is 0 Å². The molecule has 7 nitrogen and oxygen atoms in total. The van der Waals surface area contributed by atoms with E-state index in [0.717, 1.165) is 17.5 Å². The lowest BCUT2D eigenvalue weighted by Crippen LogP contribution is -2.42. The van der Waals surface area contributed by atoms with Crippen molar-refractivity contribution in [2.75, 3.05) is 31.6 Å². The van der Waals surface area contributed by atoms with Crippen LogP contribution in [0.4, 0.5) is 5.69 Å². The summed E-state index contributed by atoms with van der Waals surface area (Å²) in [6.45, 7) is 7.29. The minimum absolute atomic E-state index is 0.0622. The number of carbonyl (C=O) groups is 2. The van der Waals surface area contributed by atoms with Crippen molar-refractivity contribution in [2.45, 2.75) is 45.9 Å². The molecule has 0 radical (unpaired) electrons. The van der Waals surface area contributed by atoms with Crippen LogP contribution in [-0.4, -0.2) is 55.3 Å². The molecule has 0 unspecified atom stereocenters. The van der Waals surface area contributed by atoms with Crippen molar-refractivity contribution in [1.82, 2.24) is 4.90 Å². The number of nitrogens with one attached hydrogen (secondary N) is 1. The fraction of sp³-hybridized carbons (Fsp3) is 0.440. The Labute approximate surface area is 190 Å². The van der Waals surface area contributed by atoms with Crippen LogP contribution in [0.2, 0.25) is 0 Å². The molecule has 0 aliphatic heterocycles. The molecule has 0 spiro atoms. The van der Waals surface area contributed by atoms with Crippen molar-refractivity contribution in [2.24, 2.45) is 5.73 Å². The van der Waals surface area contributed by atoms with Crippen molar-refractivity contribution in [3.05, 3.63) is 65.7 Å². The number of anilines is 1. The molecule has 0 aliphatic carbocycles. The predicted molar refractivity (Wildman–Crippen MR) is 126 cm³/mol. The molecule has 2 rings (SSSR count). The number of para-hydroxylation sites is 1. The topological polar surface area (TPSA) is 93.9 Å². The van der Waals surface area contributed by atoms with E-state index in [-0.39, 0.29) is 18.2 Å². The summed E-state index contributed by atoms with van der Waals surface area (Å²) in [4.78, 5) is 27.2. The van der Waals surface area contributed by atoms with Gasteiger partial charge in [-0.05, 0) is 44.4 Å². The van der Waals surface area contributed by atoms with E-state index in [9.17, 15) is 9.59 Å². The molecule has 0 heterocycles. The molecule has 2 aromatic carbocycles. The molecule has 7 heteroatoms. The Morgan fingerprint density at radius 3 is 2.25 bits per heavy atom. The van der Waals surface area contributed by atoms with Gasteiger partial charge in [0.25, 0.3) is 0 Å². The number of rotatable bonds is 13. The van der Waals surface area contributed by atoms with Gasteiger partial charge in [0.1, 0.15) is 0 Å². The van der Waals surface area contributed by atoms with Crippen LogP contribution in [0.15, 0.2) is 54.6 Å². The van der Waals surface area contributed by atoms with Crippen molar-refractivity contribution in [1.29, 1.82) is 0 Å². The molecule has 2 amide bonds. The number of amides is 2. The second-order valence-corrected chi connectivity index (χ2v) is 7.53. The van der Waals surface area contributed by atoms with Gasteiger partial charge in [-0.1, -0.05) is 48.5 Å². The molecule has 0 saturated carbocycles. The van der Waals surface area contributed by atoms with Gasteiger partial charge in [-0.2, -0.15) is 0 Å². The van der Waals surface area contributed by atoms with Crippen molar-refractivity contribution >= 4 is 17.5 Å². The molecule has 2 aromatic rings. The van der Waals surface area contributed by atoms with Crippen LogP contribution in [0.1, 0.15) is 31.9 Å². The second-order valence-electron chi connectivity index (χ2n) is 7.53. The number of ether oxygens (including phenoxy) is 2. The second kappa shape index (κ2) is 13.6. The van der Waals surface area contributed by atoms with Crippen molar-refractivity contribution in [3.63, 3.8) is 0 Å². The van der Waals surface area contributed by atoms with Gasteiger partial charge in [0.05, 0.1) is 19.0 Å². The summed E-state index contributed by atoms with van der Waals surface area (Å²) in [5.74, 6) is -0.355. The molecule has 0 aromatic heterocycles. The summed E-state index contributed by atoms with van der Waals surface area (Å²) in [5.41, 5.74) is 8.16. The van der Waals surface area contributed by atoms with Crippen LogP contribution in [0, 0.1) is 0 Å². The number of nitrogens with zero attached hydrogens (tertiary/aromatic N) is 1. The maximum Gasteiger partial charge on any atom is 0.241 e. The number of nitrogens with two attached hydrogens (primary N) is 1. The zero-order chi connectivity index (χ0) is 23.3. The summed E-state index contributed by atoms with van der Waals surface area (Å²) in [6.07, 6.45) is 0.383. The average molecular weight is 442 g/mol. The Kier molecular flexibility index (Phi) is 10.9. The quantitative estimate of drug-likeness (QED) is 0.466. The Morgan fingerprint density at radius 1 is 1.00 bits per heavy atom. The molecule has 32 heavy (non-hydrogen) atoms. The third kappa shape index (κ3) is 8.42. The van der Waals surface area contributed by atoms with E-state index >= 15 is 0 Å². The van der Waals surface area contributed by atoms with E-state index in [0.29, 0.717) is 32.0 Å². The highest BCUT2D eigenvalue weighted by atomic mass is 16.7. The molecule has 1 atom stereocenters. The molecule has 0 saturated heterocycles. The first-order valence-electron chi connectivity index (χ1n) is 11.1. The Bertz CT molecular complexity index is 836. The number of hydrogen-bond acceptors (Lipinski definition) is 5. The first-order chi connectivity index (χ1) is 15.4. The molecule has 0 bridgehead atoms. The molecule has 174 valence electrons. The van der Waals surface area contributed by atoms with Gasteiger partial charge in [-0.25, -0.2) is 0 Å². The van der Waals surface area contributed by atoms with Crippen LogP contribution in [0.25, 0.3) is 0 Å². The van der Waals surface area contributed by atoms with E-state index in [1.54, 1.807) is 17.9 Å². The zero-order valence-electron chi connectivity index (χ0n) is 19.3. The summed E-state index contributed by atoms with van der Waals surface area (Å²) in [7, 11) is 0. The van der Waals surface area contributed by atoms with Gasteiger partial charge in [-0.15, -0.1) is 0 Å². The number of benzene rings is 2. The lowest BCUT2D eigenvalue weighted by Gasteiger charge is -2.28. The maximum absolute atomic E-state index is 13.3. The van der Waals surface area contributed by atoms with Crippen molar-refractivity contribution < 1.29 is 19.1 Å². The average Bonchev–Trinajstić information content (AvgIpc) is 2.78. The van der Waals surface area contributed by atoms with Crippen LogP contribution >= 0.6 is 0 Å². The molecule has 0 aliphatic rings. The third-order valence-electron chi connectivity index (χ3n) is 4.97. The molecular formula is C25H35N3O4. The largest absolute Gasteiger partial charge is 0.351 e. The standard InChI is InChI=1S/C25H35N3O4/c1-4-31-24(32-5-2)18-28(16-15-20-11-7-6-8-12-20)23(29)17-21-13-9-10-14-22(21)27-25(30)19(3)26/h6-14,19,24H,4-5,15-18,26H2,1-3H3,(H,27,30)/t19-/m0/s1. The summed E-state index contributed by atoms with van der Waals surface area (Å²) in [6, 6.07) is 16.7. The fourth-order valence-corrected chi connectivity index (χ4v) is 3.25. The van der Waals surface area contributed by atoms with Crippen LogP contribution in [0.3, 0.4) is 0 Å². The van der Waals surface area contributed by atoms with Gasteiger partial charge in [0.2, 0.25) is 11.8 Å². The monoisotopic (exact) mass is 441 g/mol. The zero-order valence-corrected chi connectivity index (χ0v) is 19.3. The van der Waals surface area contributed by atoms with Gasteiger partial charge >= 0.3 is 0 Å². The van der Waals surface area contributed by atoms with E-state index in [1.807, 2.05) is 62.4 Å². The lowest BCUT2D eigenvalue weighted by molar-refractivity contribution is -0.158. The van der Waals surface area contributed by atoms with Gasteiger partial charge in [-0.3, -0.25) is 9.59 Å². The number of carbonyl (C=O) groups excluding carboxylic acids is 2. The highest BCUT2D eigenvalue weighted by Gasteiger charge is 2.21. The summed E-state index contributed by atoms with van der Waals surface area (Å²) < 4.78 is 11.4. The summed E-state index contributed by atoms with van der Waals surface area (Å²) >= 11 is 0. The third-order valence-corrected chi connectivity index (χ3v) is 4.97. The van der Waals surface area contributed by atoms with Gasteiger partial charge in [0.15, 0.2) is 6.29 Å². The van der Waals surface area contributed by atoms with E-state index in [1.165, 1.54) is 0 Å². The highest BCUT2D eigenvalue weighted by molar-refractivity contribution is 5.95. The Morgan fingerprint density at radius 2 is 1.62 bits per heavy atom. The molecule has 0 fully saturated rings. The maximum atomic E-state index is 13.3.